The van der Waals surface area contributed by atoms with Gasteiger partial charge in [0.15, 0.2) is 5.82 Å². The van der Waals surface area contributed by atoms with Gasteiger partial charge in [-0.1, -0.05) is 12.1 Å². The average Bonchev–Trinajstić information content (AvgIpc) is 3.25. The van der Waals surface area contributed by atoms with E-state index in [1.807, 2.05) is 0 Å². The molecular weight excluding hydrogens is 397 g/mol. The minimum absolute atomic E-state index is 0.266. The molecule has 0 spiro atoms. The Kier molecular flexibility index (Phi) is 4.92. The molecule has 8 nitrogen and oxygen atoms in total. The first-order valence-corrected chi connectivity index (χ1v) is 9.87. The van der Waals surface area contributed by atoms with Crippen molar-refractivity contribution >= 4 is 15.7 Å². The van der Waals surface area contributed by atoms with E-state index in [9.17, 15) is 12.8 Å². The summed E-state index contributed by atoms with van der Waals surface area (Å²) in [5.74, 6) is 0.475. The van der Waals surface area contributed by atoms with Crippen molar-refractivity contribution in [3.05, 3.63) is 85.2 Å². The van der Waals surface area contributed by atoms with Crippen molar-refractivity contribution in [2.45, 2.75) is 4.90 Å². The van der Waals surface area contributed by atoms with Gasteiger partial charge in [0, 0.05) is 24.1 Å². The topological polar surface area (TPSA) is 99.0 Å². The molecular formula is C19H14FN5O3S. The lowest BCUT2D eigenvalue weighted by atomic mass is 10.3. The fourth-order valence-electron chi connectivity index (χ4n) is 2.48. The molecule has 0 aliphatic heterocycles. The number of hydrogen-bond donors (Lipinski definition) is 1. The second-order valence-corrected chi connectivity index (χ2v) is 7.51. The lowest BCUT2D eigenvalue weighted by Crippen LogP contribution is -2.14. The Hall–Kier alpha value is -3.79. The van der Waals surface area contributed by atoms with Gasteiger partial charge in [-0.3, -0.25) is 9.29 Å². The van der Waals surface area contributed by atoms with E-state index < -0.39 is 20.7 Å². The van der Waals surface area contributed by atoms with Crippen molar-refractivity contribution < 1.29 is 17.5 Å². The summed E-state index contributed by atoms with van der Waals surface area (Å²) in [7, 11) is -4.04. The van der Waals surface area contributed by atoms with Crippen LogP contribution in [0.5, 0.6) is 11.6 Å². The molecule has 0 atom stereocenters. The van der Waals surface area contributed by atoms with E-state index >= 15 is 0 Å². The van der Waals surface area contributed by atoms with Gasteiger partial charge in [-0.25, -0.2) is 17.8 Å². The van der Waals surface area contributed by atoms with Gasteiger partial charge in [0.05, 0.1) is 0 Å². The molecule has 0 saturated carbocycles. The molecule has 2 aromatic heterocycles. The molecule has 0 aliphatic rings. The van der Waals surface area contributed by atoms with Gasteiger partial charge in [-0.05, 0) is 42.5 Å². The highest BCUT2D eigenvalue weighted by atomic mass is 32.2. The highest BCUT2D eigenvalue weighted by Crippen LogP contribution is 2.24. The fourth-order valence-corrected chi connectivity index (χ4v) is 3.62. The Morgan fingerprint density at radius 2 is 1.76 bits per heavy atom. The molecule has 4 aromatic rings. The van der Waals surface area contributed by atoms with Crippen molar-refractivity contribution in [3.63, 3.8) is 0 Å². The van der Waals surface area contributed by atoms with Crippen LogP contribution in [0.15, 0.2) is 84.3 Å². The summed E-state index contributed by atoms with van der Waals surface area (Å²) in [4.78, 5) is 3.52. The van der Waals surface area contributed by atoms with Crippen LogP contribution in [0.2, 0.25) is 0 Å². The van der Waals surface area contributed by atoms with Gasteiger partial charge in [0.2, 0.25) is 5.88 Å². The zero-order chi connectivity index (χ0) is 20.3. The number of benzene rings is 2. The number of imidazole rings is 1. The third-order valence-corrected chi connectivity index (χ3v) is 5.26. The maximum absolute atomic E-state index is 13.8. The number of rotatable bonds is 6. The second kappa shape index (κ2) is 7.68. The number of nitrogens with one attached hydrogen (secondary N) is 1. The highest BCUT2D eigenvalue weighted by molar-refractivity contribution is 7.92. The zero-order valence-corrected chi connectivity index (χ0v) is 15.6. The Morgan fingerprint density at radius 1 is 0.966 bits per heavy atom. The van der Waals surface area contributed by atoms with Crippen LogP contribution in [0.4, 0.5) is 10.1 Å². The smallest absolute Gasteiger partial charge is 0.264 e. The van der Waals surface area contributed by atoms with Crippen LogP contribution < -0.4 is 9.46 Å². The Bertz CT molecular complexity index is 1210. The van der Waals surface area contributed by atoms with Crippen LogP contribution in [-0.2, 0) is 10.0 Å². The quantitative estimate of drug-likeness (QED) is 0.522. The van der Waals surface area contributed by atoms with Gasteiger partial charge in [0.25, 0.3) is 10.0 Å². The van der Waals surface area contributed by atoms with Crippen LogP contribution in [0, 0.1) is 5.82 Å². The Balaban J connectivity index is 1.45. The van der Waals surface area contributed by atoms with Gasteiger partial charge >= 0.3 is 0 Å². The van der Waals surface area contributed by atoms with Gasteiger partial charge in [-0.15, -0.1) is 10.2 Å². The first kappa shape index (κ1) is 18.6. The molecule has 4 rings (SSSR count). The summed E-state index contributed by atoms with van der Waals surface area (Å²) in [6.45, 7) is 0. The molecule has 29 heavy (non-hydrogen) atoms. The van der Waals surface area contributed by atoms with E-state index in [0.717, 1.165) is 6.07 Å². The summed E-state index contributed by atoms with van der Waals surface area (Å²) in [5, 5.41) is 8.03. The predicted octanol–water partition coefficient (Wildman–Crippen LogP) is 3.39. The van der Waals surface area contributed by atoms with Gasteiger partial charge in [-0.2, -0.15) is 0 Å². The third-order valence-electron chi connectivity index (χ3n) is 3.85. The van der Waals surface area contributed by atoms with Crippen molar-refractivity contribution in [1.82, 2.24) is 19.7 Å². The molecule has 1 N–H and O–H groups in total. The van der Waals surface area contributed by atoms with Crippen LogP contribution in [-0.4, -0.2) is 28.2 Å². The summed E-state index contributed by atoms with van der Waals surface area (Å²) in [5.41, 5.74) is 0.266. The van der Waals surface area contributed by atoms with Crippen molar-refractivity contribution in [2.75, 3.05) is 4.72 Å². The van der Waals surface area contributed by atoms with Crippen LogP contribution in [0.1, 0.15) is 0 Å². The molecule has 0 aliphatic carbocycles. The second-order valence-electron chi connectivity index (χ2n) is 5.86. The Morgan fingerprint density at radius 3 is 2.41 bits per heavy atom. The normalized spacial score (nSPS) is 11.2. The molecule has 0 amide bonds. The summed E-state index contributed by atoms with van der Waals surface area (Å²) < 4.78 is 48.0. The number of ether oxygens (including phenoxy) is 1. The maximum atomic E-state index is 13.8. The zero-order valence-electron chi connectivity index (χ0n) is 14.8. The number of sulfonamides is 1. The van der Waals surface area contributed by atoms with E-state index in [0.29, 0.717) is 11.6 Å². The van der Waals surface area contributed by atoms with Crippen LogP contribution >= 0.6 is 0 Å². The standard InChI is InChI=1S/C19H14FN5O3S/c20-16-3-1-2-4-17(16)29(26,27)24-14-5-7-15(8-6-14)28-19-10-9-18(22-23-19)25-12-11-21-13-25/h1-13,24H. The minimum atomic E-state index is -4.04. The first-order valence-electron chi connectivity index (χ1n) is 8.39. The summed E-state index contributed by atoms with van der Waals surface area (Å²) in [6, 6.07) is 14.7. The van der Waals surface area contributed by atoms with Crippen molar-refractivity contribution in [2.24, 2.45) is 0 Å². The molecule has 2 heterocycles. The fraction of sp³-hybridized carbons (Fsp3) is 0. The van der Waals surface area contributed by atoms with Gasteiger partial charge < -0.3 is 4.74 Å². The lowest BCUT2D eigenvalue weighted by molar-refractivity contribution is 0.454. The third kappa shape index (κ3) is 4.22. The molecule has 0 unspecified atom stereocenters. The largest absolute Gasteiger partial charge is 0.438 e. The van der Waals surface area contributed by atoms with E-state index in [1.54, 1.807) is 47.6 Å². The number of halogens is 1. The van der Waals surface area contributed by atoms with Crippen molar-refractivity contribution in [3.8, 4) is 17.4 Å². The lowest BCUT2D eigenvalue weighted by Gasteiger charge is -2.10. The van der Waals surface area contributed by atoms with Crippen molar-refractivity contribution in [1.29, 1.82) is 0 Å². The van der Waals surface area contributed by atoms with Gasteiger partial charge in [0.1, 0.15) is 22.8 Å². The molecule has 0 saturated heterocycles. The van der Waals surface area contributed by atoms with E-state index in [4.69, 9.17) is 4.74 Å². The number of hydrogen-bond acceptors (Lipinski definition) is 6. The summed E-state index contributed by atoms with van der Waals surface area (Å²) in [6.07, 6.45) is 4.98. The van der Waals surface area contributed by atoms with E-state index in [2.05, 4.69) is 19.9 Å². The monoisotopic (exact) mass is 411 g/mol. The Labute approximate surface area is 165 Å². The van der Waals surface area contributed by atoms with E-state index in [-0.39, 0.29) is 11.6 Å². The molecule has 146 valence electrons. The SMILES string of the molecule is O=S(=O)(Nc1ccc(Oc2ccc(-n3ccnc3)nn2)cc1)c1ccccc1F. The average molecular weight is 411 g/mol. The first-order chi connectivity index (χ1) is 14.0. The molecule has 2 aromatic carbocycles. The van der Waals surface area contributed by atoms with E-state index in [1.165, 1.54) is 30.3 Å². The molecule has 0 bridgehead atoms. The molecule has 0 radical (unpaired) electrons. The number of nitrogens with zero attached hydrogens (tertiary/aromatic N) is 4. The molecule has 10 heteroatoms. The number of aromatic nitrogens is 4. The predicted molar refractivity (Wildman–Crippen MR) is 103 cm³/mol. The summed E-state index contributed by atoms with van der Waals surface area (Å²) >= 11 is 0. The maximum Gasteiger partial charge on any atom is 0.264 e. The molecule has 0 fully saturated rings. The highest BCUT2D eigenvalue weighted by Gasteiger charge is 2.18. The van der Waals surface area contributed by atoms with Crippen LogP contribution in [0.25, 0.3) is 5.82 Å². The van der Waals surface area contributed by atoms with Crippen LogP contribution in [0.3, 0.4) is 0 Å². The number of anilines is 1. The minimum Gasteiger partial charge on any atom is -0.438 e.